The second-order valence-corrected chi connectivity index (χ2v) is 7.20. The van der Waals surface area contributed by atoms with Crippen molar-refractivity contribution in [3.8, 4) is 0 Å². The lowest BCUT2D eigenvalue weighted by atomic mass is 9.59. The number of hydrogen-bond acceptors (Lipinski definition) is 4. The number of cyclic esters (lactones) is 2. The van der Waals surface area contributed by atoms with Gasteiger partial charge < -0.3 is 9.64 Å². The lowest BCUT2D eigenvalue weighted by Crippen LogP contribution is -2.55. The van der Waals surface area contributed by atoms with Crippen molar-refractivity contribution < 1.29 is 14.3 Å². The van der Waals surface area contributed by atoms with Crippen LogP contribution in [0.4, 0.5) is 5.69 Å². The molecule has 2 heterocycles. The summed E-state index contributed by atoms with van der Waals surface area (Å²) in [5.41, 5.74) is 4.22. The number of nitrogens with zero attached hydrogens (tertiary/aromatic N) is 1. The van der Waals surface area contributed by atoms with Gasteiger partial charge in [0.05, 0.1) is 16.7 Å². The highest BCUT2D eigenvalue weighted by Crippen LogP contribution is 2.62. The third-order valence-corrected chi connectivity index (χ3v) is 6.13. The summed E-state index contributed by atoms with van der Waals surface area (Å²) in [6.45, 7) is 8.12. The second kappa shape index (κ2) is 3.94. The van der Waals surface area contributed by atoms with Gasteiger partial charge in [-0.25, -0.2) is 9.59 Å². The highest BCUT2D eigenvalue weighted by molar-refractivity contribution is 6.19. The summed E-state index contributed by atoms with van der Waals surface area (Å²) in [5, 5.41) is 0. The van der Waals surface area contributed by atoms with Gasteiger partial charge in [-0.2, -0.15) is 0 Å². The first-order valence-electron chi connectivity index (χ1n) is 7.79. The number of hydrogen-bond donors (Lipinski definition) is 0. The van der Waals surface area contributed by atoms with Crippen LogP contribution in [0.25, 0.3) is 5.57 Å². The summed E-state index contributed by atoms with van der Waals surface area (Å²) >= 11 is 0. The van der Waals surface area contributed by atoms with E-state index < -0.39 is 22.9 Å². The maximum absolute atomic E-state index is 12.3. The minimum atomic E-state index is -0.547. The van der Waals surface area contributed by atoms with E-state index in [2.05, 4.69) is 31.0 Å². The standard InChI is InChI=1S/C19H19NO3/c1-10-13-15(17(22)23-16(13)21)18(2,3)19(4)14(10)11-8-6-7-9-12(11)20(19)5/h6-9H,1-5H3. The Morgan fingerprint density at radius 1 is 1.00 bits per heavy atom. The zero-order valence-corrected chi connectivity index (χ0v) is 14.0. The highest BCUT2D eigenvalue weighted by atomic mass is 16.6. The zero-order valence-electron chi connectivity index (χ0n) is 14.0. The van der Waals surface area contributed by atoms with E-state index >= 15 is 0 Å². The summed E-state index contributed by atoms with van der Waals surface area (Å²) in [6.07, 6.45) is 0. The molecule has 3 aliphatic rings. The summed E-state index contributed by atoms with van der Waals surface area (Å²) in [4.78, 5) is 26.8. The number of benzene rings is 1. The molecule has 1 unspecified atom stereocenters. The Labute approximate surface area is 135 Å². The quantitative estimate of drug-likeness (QED) is 0.546. The van der Waals surface area contributed by atoms with E-state index in [0.29, 0.717) is 11.1 Å². The molecular weight excluding hydrogens is 290 g/mol. The molecule has 0 amide bonds. The number of anilines is 1. The first kappa shape index (κ1) is 14.2. The fraction of sp³-hybridized carbons (Fsp3) is 0.368. The predicted octanol–water partition coefficient (Wildman–Crippen LogP) is 3.09. The first-order valence-corrected chi connectivity index (χ1v) is 7.79. The molecule has 0 radical (unpaired) electrons. The van der Waals surface area contributed by atoms with Gasteiger partial charge in [0.15, 0.2) is 0 Å². The van der Waals surface area contributed by atoms with Gasteiger partial charge in [-0.1, -0.05) is 32.0 Å². The van der Waals surface area contributed by atoms with Crippen LogP contribution in [-0.4, -0.2) is 24.5 Å². The number of ether oxygens (including phenoxy) is 1. The maximum Gasteiger partial charge on any atom is 0.346 e. The Hall–Kier alpha value is -2.36. The van der Waals surface area contributed by atoms with Crippen molar-refractivity contribution in [3.63, 3.8) is 0 Å². The third kappa shape index (κ3) is 1.34. The van der Waals surface area contributed by atoms with Gasteiger partial charge in [-0.05, 0) is 31.1 Å². The molecule has 0 aromatic heterocycles. The van der Waals surface area contributed by atoms with E-state index in [4.69, 9.17) is 4.74 Å². The molecule has 4 heteroatoms. The summed E-state index contributed by atoms with van der Waals surface area (Å²) < 4.78 is 4.94. The summed E-state index contributed by atoms with van der Waals surface area (Å²) in [7, 11) is 2.05. The van der Waals surface area contributed by atoms with E-state index in [0.717, 1.165) is 22.4 Å². The van der Waals surface area contributed by atoms with E-state index in [1.54, 1.807) is 0 Å². The van der Waals surface area contributed by atoms with Gasteiger partial charge >= 0.3 is 11.9 Å². The molecule has 1 aromatic rings. The van der Waals surface area contributed by atoms with Gasteiger partial charge in [-0.3, -0.25) is 0 Å². The number of fused-ring (bicyclic) bond motifs is 3. The molecule has 0 bridgehead atoms. The summed E-state index contributed by atoms with van der Waals surface area (Å²) in [6, 6.07) is 8.19. The Balaban J connectivity index is 2.15. The highest BCUT2D eigenvalue weighted by Gasteiger charge is 2.61. The Kier molecular flexibility index (Phi) is 2.44. The van der Waals surface area contributed by atoms with E-state index in [1.165, 1.54) is 0 Å². The summed E-state index contributed by atoms with van der Waals surface area (Å²) in [5.74, 6) is -1.02. The molecule has 4 nitrogen and oxygen atoms in total. The molecular formula is C19H19NO3. The normalized spacial score (nSPS) is 28.0. The van der Waals surface area contributed by atoms with Gasteiger partial charge in [-0.15, -0.1) is 0 Å². The number of likely N-dealkylation sites (N-methyl/N-ethyl adjacent to an activating group) is 1. The van der Waals surface area contributed by atoms with E-state index in [1.807, 2.05) is 32.9 Å². The monoisotopic (exact) mass is 309 g/mol. The van der Waals surface area contributed by atoms with Gasteiger partial charge in [0.2, 0.25) is 0 Å². The zero-order chi connectivity index (χ0) is 16.7. The molecule has 0 fully saturated rings. The van der Waals surface area contributed by atoms with Crippen molar-refractivity contribution in [1.29, 1.82) is 0 Å². The fourth-order valence-electron chi connectivity index (χ4n) is 4.61. The predicted molar refractivity (Wildman–Crippen MR) is 87.8 cm³/mol. The molecule has 118 valence electrons. The average Bonchev–Trinajstić information content (AvgIpc) is 2.92. The fourth-order valence-corrected chi connectivity index (χ4v) is 4.61. The minimum absolute atomic E-state index is 0.413. The van der Waals surface area contributed by atoms with Gasteiger partial charge in [0.1, 0.15) is 0 Å². The topological polar surface area (TPSA) is 46.6 Å². The van der Waals surface area contributed by atoms with Crippen LogP contribution in [0, 0.1) is 5.41 Å². The number of carbonyl (C=O) groups is 2. The molecule has 1 atom stereocenters. The molecule has 4 rings (SSSR count). The lowest BCUT2D eigenvalue weighted by molar-refractivity contribution is -0.151. The van der Waals surface area contributed by atoms with E-state index in [9.17, 15) is 9.59 Å². The maximum atomic E-state index is 12.3. The molecule has 0 spiro atoms. The van der Waals surface area contributed by atoms with Crippen molar-refractivity contribution >= 4 is 23.2 Å². The third-order valence-electron chi connectivity index (χ3n) is 6.13. The van der Waals surface area contributed by atoms with Crippen LogP contribution < -0.4 is 4.90 Å². The SMILES string of the molecule is CC1=C2c3ccccc3N(C)C2(C)C(C)(C)C2=C1C(=O)OC2=O. The van der Waals surface area contributed by atoms with Crippen LogP contribution in [0.2, 0.25) is 0 Å². The second-order valence-electron chi connectivity index (χ2n) is 7.20. The van der Waals surface area contributed by atoms with Crippen LogP contribution >= 0.6 is 0 Å². The molecule has 2 aliphatic heterocycles. The van der Waals surface area contributed by atoms with Crippen molar-refractivity contribution in [3.05, 3.63) is 46.5 Å². The first-order chi connectivity index (χ1) is 10.7. The minimum Gasteiger partial charge on any atom is -0.386 e. The Morgan fingerprint density at radius 2 is 1.65 bits per heavy atom. The smallest absolute Gasteiger partial charge is 0.346 e. The number of rotatable bonds is 0. The van der Waals surface area contributed by atoms with Gasteiger partial charge in [0.25, 0.3) is 0 Å². The largest absolute Gasteiger partial charge is 0.386 e. The Bertz CT molecular complexity index is 859. The molecule has 0 saturated heterocycles. The van der Waals surface area contributed by atoms with Crippen LogP contribution in [-0.2, 0) is 14.3 Å². The van der Waals surface area contributed by atoms with Crippen molar-refractivity contribution in [2.24, 2.45) is 5.41 Å². The van der Waals surface area contributed by atoms with Crippen LogP contribution in [0.1, 0.15) is 33.3 Å². The Morgan fingerprint density at radius 3 is 2.35 bits per heavy atom. The van der Waals surface area contributed by atoms with E-state index in [-0.39, 0.29) is 0 Å². The van der Waals surface area contributed by atoms with Gasteiger partial charge in [0, 0.05) is 23.7 Å². The van der Waals surface area contributed by atoms with Crippen molar-refractivity contribution in [2.75, 3.05) is 11.9 Å². The number of para-hydroxylation sites is 1. The average molecular weight is 309 g/mol. The van der Waals surface area contributed by atoms with Crippen molar-refractivity contribution in [1.82, 2.24) is 0 Å². The van der Waals surface area contributed by atoms with Crippen LogP contribution in [0.3, 0.4) is 0 Å². The molecule has 0 N–H and O–H groups in total. The molecule has 1 aliphatic carbocycles. The molecule has 1 aromatic carbocycles. The number of carbonyl (C=O) groups excluding carboxylic acids is 2. The number of esters is 2. The molecule has 0 saturated carbocycles. The van der Waals surface area contributed by atoms with Crippen LogP contribution in [0.5, 0.6) is 0 Å². The molecule has 23 heavy (non-hydrogen) atoms. The van der Waals surface area contributed by atoms with Crippen molar-refractivity contribution in [2.45, 2.75) is 33.2 Å². The van der Waals surface area contributed by atoms with Crippen LogP contribution in [0.15, 0.2) is 41.0 Å². The lowest BCUT2D eigenvalue weighted by Gasteiger charge is -2.50.